The molecule has 3 aromatic rings. The summed E-state index contributed by atoms with van der Waals surface area (Å²) >= 11 is 6.84. The lowest BCUT2D eigenvalue weighted by molar-refractivity contribution is 0.0596. The molecule has 0 saturated heterocycles. The molecule has 0 radical (unpaired) electrons. The first-order valence-electron chi connectivity index (χ1n) is 7.35. The molecule has 10 heteroatoms. The molecule has 0 aliphatic carbocycles. The summed E-state index contributed by atoms with van der Waals surface area (Å²) < 4.78 is 45.6. The zero-order valence-electron chi connectivity index (χ0n) is 13.7. The number of sulfonamides is 1. The minimum absolute atomic E-state index is 0.0628. The Labute approximate surface area is 162 Å². The summed E-state index contributed by atoms with van der Waals surface area (Å²) in [6.45, 7) is 0. The summed E-state index contributed by atoms with van der Waals surface area (Å²) in [6.07, 6.45) is 0. The normalized spacial score (nSPS) is 11.4. The second-order valence-electron chi connectivity index (χ2n) is 5.36. The second kappa shape index (κ2) is 7.26. The minimum Gasteiger partial charge on any atom is -0.465 e. The molecule has 0 fully saturated rings. The van der Waals surface area contributed by atoms with E-state index >= 15 is 0 Å². The van der Waals surface area contributed by atoms with Crippen molar-refractivity contribution < 1.29 is 27.1 Å². The highest BCUT2D eigenvalue weighted by molar-refractivity contribution is 7.90. The number of carbonyl (C=O) groups is 2. The number of hydrogen-bond donors (Lipinski definition) is 1. The van der Waals surface area contributed by atoms with Crippen molar-refractivity contribution in [3.05, 3.63) is 63.7 Å². The molecule has 0 atom stereocenters. The maximum atomic E-state index is 13.3. The van der Waals surface area contributed by atoms with Crippen molar-refractivity contribution >= 4 is 54.9 Å². The molecule has 0 unspecified atom stereocenters. The fraction of sp³-hybridized carbons (Fsp3) is 0.0588. The molecule has 6 nitrogen and oxygen atoms in total. The van der Waals surface area contributed by atoms with Gasteiger partial charge in [0.25, 0.3) is 15.9 Å². The molecule has 1 aromatic heterocycles. The summed E-state index contributed by atoms with van der Waals surface area (Å²) in [4.78, 5) is 23.8. The van der Waals surface area contributed by atoms with Crippen LogP contribution in [0.15, 0.2) is 47.4 Å². The van der Waals surface area contributed by atoms with Crippen molar-refractivity contribution in [2.45, 2.75) is 4.90 Å². The van der Waals surface area contributed by atoms with Crippen LogP contribution in [0, 0.1) is 5.82 Å². The third kappa shape index (κ3) is 3.95. The molecule has 3 rings (SSSR count). The van der Waals surface area contributed by atoms with E-state index in [4.69, 9.17) is 11.6 Å². The van der Waals surface area contributed by atoms with E-state index in [0.717, 1.165) is 24.5 Å². The summed E-state index contributed by atoms with van der Waals surface area (Å²) in [5, 5.41) is 0.536. The number of fused-ring (bicyclic) bond motifs is 1. The maximum Gasteiger partial charge on any atom is 0.339 e. The summed E-state index contributed by atoms with van der Waals surface area (Å²) in [6, 6.07) is 8.92. The first-order valence-corrected chi connectivity index (χ1v) is 10.0. The lowest BCUT2D eigenvalue weighted by Gasteiger charge is -2.10. The summed E-state index contributed by atoms with van der Waals surface area (Å²) in [7, 11) is -3.31. The fourth-order valence-corrected chi connectivity index (χ4v) is 4.78. The Balaban J connectivity index is 1.97. The second-order valence-corrected chi connectivity index (χ2v) is 8.53. The standard InChI is InChI=1S/C17H11ClFNO5S2/c1-25-17(22)12-4-2-10(18)8-15(12)27(23,24)20-16(21)14-7-9-6-11(19)3-5-13(9)26-14/h2-8H,1H3,(H,20,21). The Bertz CT molecular complexity index is 1170. The van der Waals surface area contributed by atoms with Crippen LogP contribution >= 0.6 is 22.9 Å². The number of esters is 1. The smallest absolute Gasteiger partial charge is 0.339 e. The molecule has 1 heterocycles. The molecule has 0 aliphatic rings. The van der Waals surface area contributed by atoms with Gasteiger partial charge in [-0.2, -0.15) is 0 Å². The predicted molar refractivity (Wildman–Crippen MR) is 99.2 cm³/mol. The van der Waals surface area contributed by atoms with E-state index in [2.05, 4.69) is 4.74 Å². The highest BCUT2D eigenvalue weighted by atomic mass is 35.5. The monoisotopic (exact) mass is 427 g/mol. The van der Waals surface area contributed by atoms with Crippen molar-refractivity contribution in [2.75, 3.05) is 7.11 Å². The number of halogens is 2. The average molecular weight is 428 g/mol. The van der Waals surface area contributed by atoms with Crippen molar-refractivity contribution in [1.29, 1.82) is 0 Å². The van der Waals surface area contributed by atoms with E-state index in [-0.39, 0.29) is 15.5 Å². The van der Waals surface area contributed by atoms with Gasteiger partial charge < -0.3 is 4.74 Å². The fourth-order valence-electron chi connectivity index (χ4n) is 2.35. The van der Waals surface area contributed by atoms with Crippen molar-refractivity contribution in [3.63, 3.8) is 0 Å². The van der Waals surface area contributed by atoms with Gasteiger partial charge in [-0.1, -0.05) is 11.6 Å². The van der Waals surface area contributed by atoms with Gasteiger partial charge in [-0.05, 0) is 47.9 Å². The van der Waals surface area contributed by atoms with Crippen molar-refractivity contribution in [2.24, 2.45) is 0 Å². The van der Waals surface area contributed by atoms with Crippen LogP contribution < -0.4 is 4.72 Å². The van der Waals surface area contributed by atoms with Gasteiger partial charge >= 0.3 is 5.97 Å². The topological polar surface area (TPSA) is 89.5 Å². The van der Waals surface area contributed by atoms with Gasteiger partial charge in [0.2, 0.25) is 0 Å². The van der Waals surface area contributed by atoms with Gasteiger partial charge in [0.1, 0.15) is 10.7 Å². The Hall–Kier alpha value is -2.49. The van der Waals surface area contributed by atoms with E-state index in [1.807, 2.05) is 4.72 Å². The van der Waals surface area contributed by atoms with Crippen LogP contribution in [0.5, 0.6) is 0 Å². The number of amides is 1. The third-order valence-electron chi connectivity index (χ3n) is 3.57. The third-order valence-corrected chi connectivity index (χ3v) is 6.29. The highest BCUT2D eigenvalue weighted by Crippen LogP contribution is 2.27. The van der Waals surface area contributed by atoms with Crippen LogP contribution in [-0.4, -0.2) is 27.4 Å². The van der Waals surface area contributed by atoms with Crippen LogP contribution in [0.3, 0.4) is 0 Å². The zero-order valence-corrected chi connectivity index (χ0v) is 16.0. The maximum absolute atomic E-state index is 13.3. The number of nitrogens with one attached hydrogen (secondary N) is 1. The summed E-state index contributed by atoms with van der Waals surface area (Å²) in [5.74, 6) is -2.27. The number of methoxy groups -OCH3 is 1. The van der Waals surface area contributed by atoms with E-state index < -0.39 is 32.6 Å². The number of hydrogen-bond acceptors (Lipinski definition) is 6. The highest BCUT2D eigenvalue weighted by Gasteiger charge is 2.26. The van der Waals surface area contributed by atoms with Gasteiger partial charge in [-0.25, -0.2) is 22.3 Å². The molecule has 1 N–H and O–H groups in total. The number of carbonyl (C=O) groups excluding carboxylic acids is 2. The number of benzene rings is 2. The molecule has 0 saturated carbocycles. The Morgan fingerprint density at radius 1 is 1.15 bits per heavy atom. The molecule has 2 aromatic carbocycles. The van der Waals surface area contributed by atoms with Crippen molar-refractivity contribution in [3.8, 4) is 0 Å². The van der Waals surface area contributed by atoms with E-state index in [1.165, 1.54) is 36.4 Å². The SMILES string of the molecule is COC(=O)c1ccc(Cl)cc1S(=O)(=O)NC(=O)c1cc2cc(F)ccc2s1. The lowest BCUT2D eigenvalue weighted by atomic mass is 10.2. The summed E-state index contributed by atoms with van der Waals surface area (Å²) in [5.41, 5.74) is -0.263. The van der Waals surface area contributed by atoms with Gasteiger partial charge in [0.05, 0.1) is 17.6 Å². The predicted octanol–water partition coefficient (Wildman–Crippen LogP) is 3.60. The first kappa shape index (κ1) is 19.3. The largest absolute Gasteiger partial charge is 0.465 e. The molecule has 1 amide bonds. The Kier molecular flexibility index (Phi) is 5.18. The van der Waals surface area contributed by atoms with Gasteiger partial charge in [0, 0.05) is 9.72 Å². The van der Waals surface area contributed by atoms with Crippen LogP contribution in [0.1, 0.15) is 20.0 Å². The zero-order chi connectivity index (χ0) is 19.8. The number of thiophene rings is 1. The van der Waals surface area contributed by atoms with E-state index in [1.54, 1.807) is 0 Å². The quantitative estimate of drug-likeness (QED) is 0.642. The van der Waals surface area contributed by atoms with Crippen molar-refractivity contribution in [1.82, 2.24) is 4.72 Å². The van der Waals surface area contributed by atoms with Crippen LogP contribution in [0.25, 0.3) is 10.1 Å². The molecular formula is C17H11ClFNO5S2. The van der Waals surface area contributed by atoms with Gasteiger partial charge in [-0.15, -0.1) is 11.3 Å². The molecular weight excluding hydrogens is 417 g/mol. The molecule has 0 bridgehead atoms. The van der Waals surface area contributed by atoms with Crippen LogP contribution in [0.4, 0.5) is 4.39 Å². The molecule has 27 heavy (non-hydrogen) atoms. The average Bonchev–Trinajstić information content (AvgIpc) is 3.04. The van der Waals surface area contributed by atoms with E-state index in [0.29, 0.717) is 10.1 Å². The van der Waals surface area contributed by atoms with Gasteiger partial charge in [0.15, 0.2) is 0 Å². The molecule has 0 spiro atoms. The molecule has 0 aliphatic heterocycles. The number of ether oxygens (including phenoxy) is 1. The minimum atomic E-state index is -4.41. The first-order chi connectivity index (χ1) is 12.7. The van der Waals surface area contributed by atoms with Crippen LogP contribution in [-0.2, 0) is 14.8 Å². The number of rotatable bonds is 4. The lowest BCUT2D eigenvalue weighted by Crippen LogP contribution is -2.31. The molecule has 140 valence electrons. The van der Waals surface area contributed by atoms with Gasteiger partial charge in [-0.3, -0.25) is 4.79 Å². The van der Waals surface area contributed by atoms with E-state index in [9.17, 15) is 22.4 Å². The van der Waals surface area contributed by atoms with Crippen LogP contribution in [0.2, 0.25) is 5.02 Å². The Morgan fingerprint density at radius 2 is 1.89 bits per heavy atom. The Morgan fingerprint density at radius 3 is 2.59 bits per heavy atom.